The molecule has 4 aromatic rings. The van der Waals surface area contributed by atoms with Crippen molar-refractivity contribution in [3.63, 3.8) is 0 Å². The van der Waals surface area contributed by atoms with Crippen molar-refractivity contribution in [3.8, 4) is 0 Å². The maximum atomic E-state index is 13.3. The second kappa shape index (κ2) is 11.1. The zero-order valence-electron chi connectivity index (χ0n) is 21.7. The predicted octanol–water partition coefficient (Wildman–Crippen LogP) is 5.92. The van der Waals surface area contributed by atoms with Crippen LogP contribution in [0.1, 0.15) is 30.5 Å². The number of carbonyl (C=O) groups excluding carboxylic acids is 1. The Morgan fingerprint density at radius 2 is 1.49 bits per heavy atom. The molecule has 0 radical (unpaired) electrons. The van der Waals surface area contributed by atoms with Gasteiger partial charge in [-0.2, -0.15) is 0 Å². The molecule has 1 aliphatic rings. The summed E-state index contributed by atoms with van der Waals surface area (Å²) in [4.78, 5) is 13.4. The lowest BCUT2D eigenvalue weighted by atomic mass is 10.00. The molecule has 0 atom stereocenters. The molecule has 0 aliphatic carbocycles. The van der Waals surface area contributed by atoms with E-state index in [0.29, 0.717) is 34.3 Å². The number of carbonyl (C=O) groups is 1. The fourth-order valence-electron chi connectivity index (χ4n) is 4.34. The summed E-state index contributed by atoms with van der Waals surface area (Å²) in [7, 11) is -3.88. The lowest BCUT2D eigenvalue weighted by molar-refractivity contribution is -0.110. The van der Waals surface area contributed by atoms with Gasteiger partial charge in [-0.15, -0.1) is 0 Å². The van der Waals surface area contributed by atoms with E-state index in [4.69, 9.17) is 0 Å². The lowest BCUT2D eigenvalue weighted by Gasteiger charge is -2.16. The van der Waals surface area contributed by atoms with E-state index >= 15 is 0 Å². The monoisotopic (exact) mass is 538 g/mol. The molecule has 8 heteroatoms. The highest BCUT2D eigenvalue weighted by atomic mass is 32.2. The van der Waals surface area contributed by atoms with Gasteiger partial charge in [-0.1, -0.05) is 74.5 Å². The molecule has 0 spiro atoms. The number of hydrogen-bond acceptors (Lipinski definition) is 5. The van der Waals surface area contributed by atoms with Crippen molar-refractivity contribution in [2.75, 3.05) is 15.4 Å². The molecule has 5 rings (SSSR count). The van der Waals surface area contributed by atoms with Crippen molar-refractivity contribution in [3.05, 3.63) is 120 Å². The van der Waals surface area contributed by atoms with E-state index in [0.717, 1.165) is 23.4 Å². The highest BCUT2D eigenvalue weighted by Crippen LogP contribution is 2.39. The summed E-state index contributed by atoms with van der Waals surface area (Å²) in [5.74, 6) is -0.306. The number of para-hydroxylation sites is 1. The maximum absolute atomic E-state index is 13.3. The van der Waals surface area contributed by atoms with Crippen molar-refractivity contribution in [2.24, 2.45) is 0 Å². The third-order valence-corrected chi connectivity index (χ3v) is 7.70. The zero-order chi connectivity index (χ0) is 27.4. The average Bonchev–Trinajstić information content (AvgIpc) is 3.26. The van der Waals surface area contributed by atoms with E-state index in [1.54, 1.807) is 36.4 Å². The van der Waals surface area contributed by atoms with Gasteiger partial charge in [0, 0.05) is 35.2 Å². The number of amides is 1. The van der Waals surface area contributed by atoms with E-state index in [2.05, 4.69) is 34.5 Å². The highest BCUT2D eigenvalue weighted by Gasteiger charge is 2.30. The second-order valence-electron chi connectivity index (χ2n) is 9.61. The SMILES string of the molecule is CC(C)NCc1ccc(NC(=C2C(=O)Nc3ccc(S(=O)(=O)Nc4ccccc4)cc32)c2ccccc2)cc1. The number of nitrogens with one attached hydrogen (secondary N) is 4. The first-order valence-corrected chi connectivity index (χ1v) is 14.2. The highest BCUT2D eigenvalue weighted by molar-refractivity contribution is 7.92. The van der Waals surface area contributed by atoms with Crippen molar-refractivity contribution < 1.29 is 13.2 Å². The zero-order valence-corrected chi connectivity index (χ0v) is 22.5. The summed E-state index contributed by atoms with van der Waals surface area (Å²) < 4.78 is 29.0. The minimum Gasteiger partial charge on any atom is -0.354 e. The molecule has 0 saturated carbocycles. The third kappa shape index (κ3) is 6.03. The normalized spacial score (nSPS) is 14.1. The molecule has 1 amide bonds. The predicted molar refractivity (Wildman–Crippen MR) is 158 cm³/mol. The van der Waals surface area contributed by atoms with Crippen molar-refractivity contribution >= 4 is 44.3 Å². The van der Waals surface area contributed by atoms with E-state index in [1.807, 2.05) is 60.7 Å². The van der Waals surface area contributed by atoms with Gasteiger partial charge in [-0.05, 0) is 53.6 Å². The summed E-state index contributed by atoms with van der Waals surface area (Å²) in [5.41, 5.74) is 5.25. The van der Waals surface area contributed by atoms with Crippen LogP contribution in [0.15, 0.2) is 108 Å². The minimum absolute atomic E-state index is 0.0634. The largest absolute Gasteiger partial charge is 0.354 e. The molecule has 1 heterocycles. The molecule has 1 aliphatic heterocycles. The van der Waals surface area contributed by atoms with Crippen LogP contribution in [0.3, 0.4) is 0 Å². The Balaban J connectivity index is 1.55. The molecule has 4 N–H and O–H groups in total. The van der Waals surface area contributed by atoms with Gasteiger partial charge >= 0.3 is 0 Å². The van der Waals surface area contributed by atoms with Crippen molar-refractivity contribution in [1.82, 2.24) is 5.32 Å². The average molecular weight is 539 g/mol. The number of anilines is 3. The van der Waals surface area contributed by atoms with Gasteiger partial charge in [0.25, 0.3) is 15.9 Å². The molecule has 0 saturated heterocycles. The molecule has 7 nitrogen and oxygen atoms in total. The summed E-state index contributed by atoms with van der Waals surface area (Å²) in [6, 6.07) is 31.3. The summed E-state index contributed by atoms with van der Waals surface area (Å²) in [5, 5.41) is 9.73. The Morgan fingerprint density at radius 1 is 0.821 bits per heavy atom. The standard InChI is InChI=1S/C31H30N4O3S/c1-21(2)32-20-22-13-15-24(16-14-22)33-30(23-9-5-3-6-10-23)29-27-19-26(17-18-28(27)34-31(29)36)39(37,38)35-25-11-7-4-8-12-25/h3-19,21,32-33,35H,20H2,1-2H3,(H,34,36). The van der Waals surface area contributed by atoms with Gasteiger partial charge in [0.2, 0.25) is 0 Å². The second-order valence-corrected chi connectivity index (χ2v) is 11.3. The summed E-state index contributed by atoms with van der Waals surface area (Å²) in [6.45, 7) is 4.97. The molecule has 0 fully saturated rings. The van der Waals surface area contributed by atoms with Gasteiger partial charge in [-0.3, -0.25) is 9.52 Å². The number of fused-ring (bicyclic) bond motifs is 1. The van der Waals surface area contributed by atoms with Gasteiger partial charge < -0.3 is 16.0 Å². The van der Waals surface area contributed by atoms with Crippen LogP contribution in [0.5, 0.6) is 0 Å². The molecule has 198 valence electrons. The smallest absolute Gasteiger partial charge is 0.261 e. The molecule has 0 unspecified atom stereocenters. The number of benzene rings is 4. The topological polar surface area (TPSA) is 99.3 Å². The van der Waals surface area contributed by atoms with Crippen LogP contribution in [0.4, 0.5) is 17.1 Å². The van der Waals surface area contributed by atoms with Crippen LogP contribution in [0, 0.1) is 0 Å². The van der Waals surface area contributed by atoms with Crippen LogP contribution >= 0.6 is 0 Å². The van der Waals surface area contributed by atoms with Crippen LogP contribution in [-0.4, -0.2) is 20.4 Å². The van der Waals surface area contributed by atoms with Gasteiger partial charge in [0.1, 0.15) is 0 Å². The molecule has 39 heavy (non-hydrogen) atoms. The molecular formula is C31H30N4O3S. The van der Waals surface area contributed by atoms with Crippen molar-refractivity contribution in [1.29, 1.82) is 0 Å². The Morgan fingerprint density at radius 3 is 2.15 bits per heavy atom. The number of hydrogen-bond donors (Lipinski definition) is 4. The Labute approximate surface area is 229 Å². The lowest BCUT2D eigenvalue weighted by Crippen LogP contribution is -2.21. The van der Waals surface area contributed by atoms with E-state index in [1.165, 1.54) is 6.07 Å². The van der Waals surface area contributed by atoms with Crippen LogP contribution in [-0.2, 0) is 21.4 Å². The van der Waals surface area contributed by atoms with Gasteiger partial charge in [-0.25, -0.2) is 8.42 Å². The minimum atomic E-state index is -3.88. The van der Waals surface area contributed by atoms with Crippen LogP contribution in [0.2, 0.25) is 0 Å². The fraction of sp³-hybridized carbons (Fsp3) is 0.129. The fourth-order valence-corrected chi connectivity index (χ4v) is 5.42. The maximum Gasteiger partial charge on any atom is 0.261 e. The first-order valence-electron chi connectivity index (χ1n) is 12.7. The van der Waals surface area contributed by atoms with E-state index in [-0.39, 0.29) is 10.8 Å². The quantitative estimate of drug-likeness (QED) is 0.198. The Bertz CT molecular complexity index is 1620. The van der Waals surface area contributed by atoms with Gasteiger partial charge in [0.05, 0.1) is 16.2 Å². The summed E-state index contributed by atoms with van der Waals surface area (Å²) >= 11 is 0. The third-order valence-electron chi connectivity index (χ3n) is 6.32. The summed E-state index contributed by atoms with van der Waals surface area (Å²) in [6.07, 6.45) is 0. The Hall–Kier alpha value is -4.40. The van der Waals surface area contributed by atoms with Crippen LogP contribution in [0.25, 0.3) is 11.3 Å². The number of rotatable bonds is 9. The van der Waals surface area contributed by atoms with Crippen molar-refractivity contribution in [2.45, 2.75) is 31.3 Å². The molecule has 0 bridgehead atoms. The number of sulfonamides is 1. The first kappa shape index (κ1) is 26.2. The van der Waals surface area contributed by atoms with E-state index in [9.17, 15) is 13.2 Å². The van der Waals surface area contributed by atoms with Crippen LogP contribution < -0.4 is 20.7 Å². The van der Waals surface area contributed by atoms with E-state index < -0.39 is 10.0 Å². The molecular weight excluding hydrogens is 508 g/mol. The Kier molecular flexibility index (Phi) is 7.49. The molecule has 4 aromatic carbocycles. The first-order chi connectivity index (χ1) is 18.8. The van der Waals surface area contributed by atoms with Gasteiger partial charge in [0.15, 0.2) is 0 Å². The molecule has 0 aromatic heterocycles.